The molecule has 0 fully saturated rings. The highest BCUT2D eigenvalue weighted by Crippen LogP contribution is 2.25. The lowest BCUT2D eigenvalue weighted by molar-refractivity contribution is 0.412. The Morgan fingerprint density at radius 1 is 1.29 bits per heavy atom. The summed E-state index contributed by atoms with van der Waals surface area (Å²) >= 11 is 14.6. The largest absolute Gasteiger partial charge is 0.496 e. The van der Waals surface area contributed by atoms with Crippen molar-refractivity contribution >= 4 is 46.0 Å². The number of halogens is 2. The van der Waals surface area contributed by atoms with Gasteiger partial charge >= 0.3 is 0 Å². The molecule has 0 aliphatic rings. The number of H-pyrrole nitrogens is 1. The molecule has 3 aromatic rings. The first-order chi connectivity index (χ1) is 11.6. The van der Waals surface area contributed by atoms with E-state index in [0.29, 0.717) is 15.6 Å². The topological polar surface area (TPSA) is 55.2 Å². The number of benzene rings is 2. The van der Waals surface area contributed by atoms with E-state index in [4.69, 9.17) is 28.6 Å². The SMILES string of the molecule is COc1ccc(C=Nn2c(-c3ccc(Cl)cc3)n[nH]c2=S)cc1Br. The number of hydrogen-bond donors (Lipinski definition) is 1. The fourth-order valence-electron chi connectivity index (χ4n) is 2.07. The molecule has 0 aliphatic heterocycles. The van der Waals surface area contributed by atoms with Crippen molar-refractivity contribution in [3.05, 3.63) is 62.3 Å². The molecule has 0 radical (unpaired) electrons. The minimum Gasteiger partial charge on any atom is -0.496 e. The first-order valence-electron chi connectivity index (χ1n) is 6.90. The predicted octanol–water partition coefficient (Wildman–Crippen LogP) is 4.91. The first kappa shape index (κ1) is 16.9. The highest BCUT2D eigenvalue weighted by Gasteiger charge is 2.08. The molecule has 0 spiro atoms. The Labute approximate surface area is 157 Å². The van der Waals surface area contributed by atoms with Crippen LogP contribution in [0.4, 0.5) is 0 Å². The Bertz CT molecular complexity index is 949. The molecule has 0 aliphatic carbocycles. The molecular formula is C16H12BrClN4OS. The highest BCUT2D eigenvalue weighted by molar-refractivity contribution is 9.10. The average Bonchev–Trinajstić information content (AvgIpc) is 2.94. The maximum absolute atomic E-state index is 5.92. The van der Waals surface area contributed by atoms with Crippen molar-refractivity contribution in [3.8, 4) is 17.1 Å². The van der Waals surface area contributed by atoms with E-state index in [-0.39, 0.29) is 0 Å². The second-order valence-corrected chi connectivity index (χ2v) is 6.49. The summed E-state index contributed by atoms with van der Waals surface area (Å²) in [5, 5.41) is 12.1. The number of ether oxygens (including phenoxy) is 1. The van der Waals surface area contributed by atoms with Crippen LogP contribution < -0.4 is 4.74 Å². The molecule has 3 rings (SSSR count). The second-order valence-electron chi connectivity index (χ2n) is 4.81. The van der Waals surface area contributed by atoms with Gasteiger partial charge < -0.3 is 4.74 Å². The summed E-state index contributed by atoms with van der Waals surface area (Å²) in [5.41, 5.74) is 1.76. The zero-order valence-corrected chi connectivity index (χ0v) is 15.7. The van der Waals surface area contributed by atoms with E-state index >= 15 is 0 Å². The minimum atomic E-state index is 0.406. The smallest absolute Gasteiger partial charge is 0.216 e. The average molecular weight is 424 g/mol. The van der Waals surface area contributed by atoms with Crippen LogP contribution in [0, 0.1) is 4.77 Å². The summed E-state index contributed by atoms with van der Waals surface area (Å²) in [6.07, 6.45) is 1.70. The Hall–Kier alpha value is -1.96. The van der Waals surface area contributed by atoms with Crippen molar-refractivity contribution < 1.29 is 4.74 Å². The van der Waals surface area contributed by atoms with Crippen LogP contribution in [0.5, 0.6) is 5.75 Å². The molecular weight excluding hydrogens is 412 g/mol. The predicted molar refractivity (Wildman–Crippen MR) is 102 cm³/mol. The van der Waals surface area contributed by atoms with Crippen LogP contribution >= 0.6 is 39.7 Å². The third-order valence-corrected chi connectivity index (χ3v) is 4.39. The standard InChI is InChI=1S/C16H12BrClN4OS/c1-23-14-7-2-10(8-13(14)17)9-19-22-15(20-21-16(22)24)11-3-5-12(18)6-4-11/h2-9H,1H3,(H,21,24). The molecule has 0 bridgehead atoms. The third-order valence-electron chi connectivity index (χ3n) is 3.25. The molecule has 0 amide bonds. The van der Waals surface area contributed by atoms with Crippen LogP contribution in [-0.4, -0.2) is 28.2 Å². The van der Waals surface area contributed by atoms with Crippen LogP contribution in [0.3, 0.4) is 0 Å². The number of aromatic amines is 1. The number of nitrogens with one attached hydrogen (secondary N) is 1. The van der Waals surface area contributed by atoms with Crippen molar-refractivity contribution in [3.63, 3.8) is 0 Å². The fraction of sp³-hybridized carbons (Fsp3) is 0.0625. The Kier molecular flexibility index (Phi) is 5.13. The van der Waals surface area contributed by atoms with Gasteiger partial charge in [0.1, 0.15) is 5.75 Å². The Balaban J connectivity index is 1.96. The quantitative estimate of drug-likeness (QED) is 0.479. The van der Waals surface area contributed by atoms with E-state index in [9.17, 15) is 0 Å². The summed E-state index contributed by atoms with van der Waals surface area (Å²) < 4.78 is 8.04. The van der Waals surface area contributed by atoms with E-state index in [1.807, 2.05) is 30.3 Å². The van der Waals surface area contributed by atoms with E-state index in [1.165, 1.54) is 0 Å². The Morgan fingerprint density at radius 3 is 2.71 bits per heavy atom. The van der Waals surface area contributed by atoms with Crippen LogP contribution in [0.25, 0.3) is 11.4 Å². The molecule has 0 saturated carbocycles. The van der Waals surface area contributed by atoms with Gasteiger partial charge in [-0.25, -0.2) is 5.10 Å². The summed E-state index contributed by atoms with van der Waals surface area (Å²) in [4.78, 5) is 0. The molecule has 8 heteroatoms. The number of methoxy groups -OCH3 is 1. The third kappa shape index (κ3) is 3.58. The van der Waals surface area contributed by atoms with Crippen LogP contribution in [-0.2, 0) is 0 Å². The van der Waals surface area contributed by atoms with E-state index in [1.54, 1.807) is 30.1 Å². The van der Waals surface area contributed by atoms with Crippen LogP contribution in [0.15, 0.2) is 52.0 Å². The zero-order chi connectivity index (χ0) is 17.1. The molecule has 0 unspecified atom stereocenters. The maximum atomic E-state index is 5.92. The molecule has 24 heavy (non-hydrogen) atoms. The molecule has 1 aromatic heterocycles. The number of hydrogen-bond acceptors (Lipinski definition) is 4. The fourth-order valence-corrected chi connectivity index (χ4v) is 2.94. The van der Waals surface area contributed by atoms with Gasteiger partial charge in [0.25, 0.3) is 0 Å². The lowest BCUT2D eigenvalue weighted by atomic mass is 10.2. The van der Waals surface area contributed by atoms with Crippen molar-refractivity contribution in [2.45, 2.75) is 0 Å². The van der Waals surface area contributed by atoms with Gasteiger partial charge in [0.15, 0.2) is 5.82 Å². The van der Waals surface area contributed by atoms with E-state index < -0.39 is 0 Å². The lowest BCUT2D eigenvalue weighted by Gasteiger charge is -2.04. The first-order valence-corrected chi connectivity index (χ1v) is 8.47. The monoisotopic (exact) mass is 422 g/mol. The van der Waals surface area contributed by atoms with Crippen molar-refractivity contribution in [1.82, 2.24) is 14.9 Å². The number of rotatable bonds is 4. The lowest BCUT2D eigenvalue weighted by Crippen LogP contribution is -1.95. The van der Waals surface area contributed by atoms with Gasteiger partial charge in [0, 0.05) is 10.6 Å². The molecule has 122 valence electrons. The van der Waals surface area contributed by atoms with Crippen molar-refractivity contribution in [2.75, 3.05) is 7.11 Å². The number of aromatic nitrogens is 3. The van der Waals surface area contributed by atoms with Crippen molar-refractivity contribution in [1.29, 1.82) is 0 Å². The number of nitrogens with zero attached hydrogens (tertiary/aromatic N) is 3. The maximum Gasteiger partial charge on any atom is 0.216 e. The molecule has 1 heterocycles. The second kappa shape index (κ2) is 7.29. The minimum absolute atomic E-state index is 0.406. The Morgan fingerprint density at radius 2 is 2.04 bits per heavy atom. The summed E-state index contributed by atoms with van der Waals surface area (Å²) in [7, 11) is 1.62. The van der Waals surface area contributed by atoms with Gasteiger partial charge in [-0.3, -0.25) is 0 Å². The summed E-state index contributed by atoms with van der Waals surface area (Å²) in [6.45, 7) is 0. The van der Waals surface area contributed by atoms with Gasteiger partial charge in [0.05, 0.1) is 17.8 Å². The molecule has 0 saturated heterocycles. The van der Waals surface area contributed by atoms with Gasteiger partial charge in [-0.05, 0) is 76.2 Å². The van der Waals surface area contributed by atoms with Gasteiger partial charge in [-0.1, -0.05) is 11.6 Å². The normalized spacial score (nSPS) is 11.1. The van der Waals surface area contributed by atoms with Crippen LogP contribution in [0.1, 0.15) is 5.56 Å². The van der Waals surface area contributed by atoms with Crippen LogP contribution in [0.2, 0.25) is 5.02 Å². The summed E-state index contributed by atoms with van der Waals surface area (Å²) in [6, 6.07) is 13.0. The van der Waals surface area contributed by atoms with E-state index in [2.05, 4.69) is 31.2 Å². The van der Waals surface area contributed by atoms with Gasteiger partial charge in [0.2, 0.25) is 4.77 Å². The van der Waals surface area contributed by atoms with Gasteiger partial charge in [-0.15, -0.1) is 0 Å². The zero-order valence-electron chi connectivity index (χ0n) is 12.5. The molecule has 1 N–H and O–H groups in total. The summed E-state index contributed by atoms with van der Waals surface area (Å²) in [5.74, 6) is 1.37. The molecule has 2 aromatic carbocycles. The highest BCUT2D eigenvalue weighted by atomic mass is 79.9. The molecule has 5 nitrogen and oxygen atoms in total. The van der Waals surface area contributed by atoms with Gasteiger partial charge in [-0.2, -0.15) is 14.9 Å². The molecule has 0 atom stereocenters. The van der Waals surface area contributed by atoms with E-state index in [0.717, 1.165) is 21.3 Å². The van der Waals surface area contributed by atoms with Crippen molar-refractivity contribution in [2.24, 2.45) is 5.10 Å².